The molecule has 1 atom stereocenters. The van der Waals surface area contributed by atoms with Crippen LogP contribution >= 0.6 is 11.6 Å². The number of carbonyl (C=O) groups is 1. The van der Waals surface area contributed by atoms with Crippen molar-refractivity contribution >= 4 is 17.5 Å². The summed E-state index contributed by atoms with van der Waals surface area (Å²) in [5.74, 6) is -0.363. The van der Waals surface area contributed by atoms with E-state index in [2.05, 4.69) is 10.2 Å². The van der Waals surface area contributed by atoms with E-state index >= 15 is 0 Å². The lowest BCUT2D eigenvalue weighted by Crippen LogP contribution is -2.37. The first kappa shape index (κ1) is 14.5. The van der Waals surface area contributed by atoms with Crippen LogP contribution in [0.2, 0.25) is 5.02 Å². The van der Waals surface area contributed by atoms with Gasteiger partial charge in [0.15, 0.2) is 0 Å². The van der Waals surface area contributed by atoms with E-state index in [9.17, 15) is 4.79 Å². The van der Waals surface area contributed by atoms with Crippen LogP contribution in [0.4, 0.5) is 0 Å². The van der Waals surface area contributed by atoms with Crippen LogP contribution in [0.5, 0.6) is 0 Å². The SMILES string of the molecule is CCOOCC(C#N)NC(=O)c1ccc(Cl)cc1. The molecule has 0 aliphatic heterocycles. The van der Waals surface area contributed by atoms with E-state index in [-0.39, 0.29) is 12.5 Å². The number of nitrogens with one attached hydrogen (secondary N) is 1. The smallest absolute Gasteiger partial charge is 0.252 e. The summed E-state index contributed by atoms with van der Waals surface area (Å²) in [5.41, 5.74) is 0.427. The molecule has 1 aromatic rings. The molecule has 0 radical (unpaired) electrons. The molecule has 1 unspecified atom stereocenters. The number of rotatable bonds is 6. The number of halogens is 1. The Morgan fingerprint density at radius 1 is 1.44 bits per heavy atom. The van der Waals surface area contributed by atoms with E-state index in [1.807, 2.05) is 6.07 Å². The van der Waals surface area contributed by atoms with E-state index in [0.29, 0.717) is 17.2 Å². The first-order chi connectivity index (χ1) is 8.67. The quantitative estimate of drug-likeness (QED) is 0.486. The van der Waals surface area contributed by atoms with Crippen molar-refractivity contribution in [2.24, 2.45) is 0 Å². The maximum Gasteiger partial charge on any atom is 0.252 e. The lowest BCUT2D eigenvalue weighted by atomic mass is 10.2. The van der Waals surface area contributed by atoms with Gasteiger partial charge in [0.2, 0.25) is 0 Å². The van der Waals surface area contributed by atoms with Crippen LogP contribution in [-0.2, 0) is 9.78 Å². The Morgan fingerprint density at radius 3 is 2.67 bits per heavy atom. The summed E-state index contributed by atoms with van der Waals surface area (Å²) in [6.45, 7) is 2.11. The highest BCUT2D eigenvalue weighted by atomic mass is 35.5. The number of carbonyl (C=O) groups excluding carboxylic acids is 1. The third-order valence-electron chi connectivity index (χ3n) is 2.00. The molecule has 96 valence electrons. The van der Waals surface area contributed by atoms with Gasteiger partial charge in [0.1, 0.15) is 12.6 Å². The van der Waals surface area contributed by atoms with E-state index in [4.69, 9.17) is 21.8 Å². The summed E-state index contributed by atoms with van der Waals surface area (Å²) in [4.78, 5) is 21.1. The highest BCUT2D eigenvalue weighted by molar-refractivity contribution is 6.30. The molecule has 5 nitrogen and oxygen atoms in total. The predicted octanol–water partition coefficient (Wildman–Crippen LogP) is 1.93. The van der Waals surface area contributed by atoms with Crippen LogP contribution < -0.4 is 5.32 Å². The molecule has 6 heteroatoms. The van der Waals surface area contributed by atoms with Crippen LogP contribution in [0, 0.1) is 11.3 Å². The number of nitriles is 1. The second-order valence-electron chi connectivity index (χ2n) is 3.35. The van der Waals surface area contributed by atoms with Crippen molar-refractivity contribution in [3.05, 3.63) is 34.9 Å². The van der Waals surface area contributed by atoms with Crippen molar-refractivity contribution in [2.45, 2.75) is 13.0 Å². The van der Waals surface area contributed by atoms with Crippen LogP contribution in [0.1, 0.15) is 17.3 Å². The fourth-order valence-corrected chi connectivity index (χ4v) is 1.28. The Labute approximate surface area is 110 Å². The zero-order valence-corrected chi connectivity index (χ0v) is 10.6. The number of hydrogen-bond donors (Lipinski definition) is 1. The normalized spacial score (nSPS) is 11.6. The van der Waals surface area contributed by atoms with Gasteiger partial charge in [-0.05, 0) is 31.2 Å². The molecule has 0 aliphatic carbocycles. The highest BCUT2D eigenvalue weighted by Crippen LogP contribution is 2.09. The average molecular weight is 269 g/mol. The second-order valence-corrected chi connectivity index (χ2v) is 3.79. The fraction of sp³-hybridized carbons (Fsp3) is 0.333. The van der Waals surface area contributed by atoms with Gasteiger partial charge < -0.3 is 5.32 Å². The number of amides is 1. The molecule has 0 bridgehead atoms. The Balaban J connectivity index is 2.52. The van der Waals surface area contributed by atoms with E-state index in [1.165, 1.54) is 0 Å². The Kier molecular flexibility index (Phi) is 6.15. The minimum Gasteiger partial charge on any atom is -0.334 e. The summed E-state index contributed by atoms with van der Waals surface area (Å²) < 4.78 is 0. The molecule has 1 aromatic carbocycles. The van der Waals surface area contributed by atoms with Gasteiger partial charge in [-0.3, -0.25) is 4.79 Å². The Hall–Kier alpha value is -1.61. The molecule has 18 heavy (non-hydrogen) atoms. The van der Waals surface area contributed by atoms with Gasteiger partial charge in [0, 0.05) is 10.6 Å². The van der Waals surface area contributed by atoms with E-state index in [0.717, 1.165) is 0 Å². The van der Waals surface area contributed by atoms with Crippen molar-refractivity contribution < 1.29 is 14.6 Å². The summed E-state index contributed by atoms with van der Waals surface area (Å²) in [5, 5.41) is 11.9. The molecule has 1 rings (SSSR count). The third kappa shape index (κ3) is 4.72. The lowest BCUT2D eigenvalue weighted by molar-refractivity contribution is -0.292. The summed E-state index contributed by atoms with van der Waals surface area (Å²) >= 11 is 5.71. The van der Waals surface area contributed by atoms with Gasteiger partial charge >= 0.3 is 0 Å². The lowest BCUT2D eigenvalue weighted by Gasteiger charge is -2.11. The topological polar surface area (TPSA) is 71.3 Å². The minimum atomic E-state index is -0.764. The van der Waals surface area contributed by atoms with Crippen molar-refractivity contribution in [1.82, 2.24) is 5.32 Å². The molecule has 0 heterocycles. The average Bonchev–Trinajstić information content (AvgIpc) is 2.38. The van der Waals surface area contributed by atoms with Gasteiger partial charge in [-0.1, -0.05) is 11.6 Å². The van der Waals surface area contributed by atoms with E-state index < -0.39 is 6.04 Å². The number of benzene rings is 1. The largest absolute Gasteiger partial charge is 0.334 e. The van der Waals surface area contributed by atoms with Crippen molar-refractivity contribution in [2.75, 3.05) is 13.2 Å². The summed E-state index contributed by atoms with van der Waals surface area (Å²) in [7, 11) is 0. The molecule has 1 N–H and O–H groups in total. The molecule has 0 fully saturated rings. The minimum absolute atomic E-state index is 0.0241. The molecule has 0 saturated heterocycles. The molecular formula is C12H13ClN2O3. The molecule has 1 amide bonds. The van der Waals surface area contributed by atoms with Crippen LogP contribution in [0.3, 0.4) is 0 Å². The molecule has 0 aliphatic rings. The number of nitrogens with zero attached hydrogens (tertiary/aromatic N) is 1. The molecular weight excluding hydrogens is 256 g/mol. The highest BCUT2D eigenvalue weighted by Gasteiger charge is 2.13. The maximum absolute atomic E-state index is 11.8. The van der Waals surface area contributed by atoms with Crippen LogP contribution in [0.25, 0.3) is 0 Å². The van der Waals surface area contributed by atoms with Gasteiger partial charge in [0.25, 0.3) is 5.91 Å². The fourth-order valence-electron chi connectivity index (χ4n) is 1.15. The maximum atomic E-state index is 11.8. The zero-order chi connectivity index (χ0) is 13.4. The van der Waals surface area contributed by atoms with Crippen molar-refractivity contribution in [3.8, 4) is 6.07 Å². The van der Waals surface area contributed by atoms with Crippen LogP contribution in [0.15, 0.2) is 24.3 Å². The Bertz CT molecular complexity index is 428. The van der Waals surface area contributed by atoms with Crippen molar-refractivity contribution in [1.29, 1.82) is 5.26 Å². The van der Waals surface area contributed by atoms with E-state index in [1.54, 1.807) is 31.2 Å². The standard InChI is InChI=1S/C12H13ClN2O3/c1-2-17-18-8-11(7-14)15-12(16)9-3-5-10(13)6-4-9/h3-6,11H,2,8H2,1H3,(H,15,16). The molecule has 0 saturated carbocycles. The van der Waals surface area contributed by atoms with Gasteiger partial charge in [-0.15, -0.1) is 0 Å². The zero-order valence-electron chi connectivity index (χ0n) is 9.85. The van der Waals surface area contributed by atoms with Gasteiger partial charge in [-0.25, -0.2) is 9.78 Å². The third-order valence-corrected chi connectivity index (χ3v) is 2.26. The first-order valence-electron chi connectivity index (χ1n) is 5.37. The summed E-state index contributed by atoms with van der Waals surface area (Å²) in [6.07, 6.45) is 0. The van der Waals surface area contributed by atoms with Crippen molar-refractivity contribution in [3.63, 3.8) is 0 Å². The summed E-state index contributed by atoms with van der Waals surface area (Å²) in [6, 6.07) is 7.51. The van der Waals surface area contributed by atoms with Crippen LogP contribution in [-0.4, -0.2) is 25.2 Å². The second kappa shape index (κ2) is 7.67. The monoisotopic (exact) mass is 268 g/mol. The predicted molar refractivity (Wildman–Crippen MR) is 65.9 cm³/mol. The molecule has 0 aromatic heterocycles. The van der Waals surface area contributed by atoms with Gasteiger partial charge in [-0.2, -0.15) is 5.26 Å². The number of hydrogen-bond acceptors (Lipinski definition) is 4. The Morgan fingerprint density at radius 2 is 2.11 bits per heavy atom. The molecule has 0 spiro atoms. The van der Waals surface area contributed by atoms with Gasteiger partial charge in [0.05, 0.1) is 12.7 Å². The first-order valence-corrected chi connectivity index (χ1v) is 5.75.